The fourth-order valence-electron chi connectivity index (χ4n) is 2.58. The first kappa shape index (κ1) is 15.2. The summed E-state index contributed by atoms with van der Waals surface area (Å²) in [6.07, 6.45) is 2.09. The number of rotatable bonds is 1. The summed E-state index contributed by atoms with van der Waals surface area (Å²) in [4.78, 5) is 6.63. The van der Waals surface area contributed by atoms with Crippen LogP contribution in [-0.2, 0) is 0 Å². The summed E-state index contributed by atoms with van der Waals surface area (Å²) in [7, 11) is 0. The van der Waals surface area contributed by atoms with Gasteiger partial charge in [0, 0.05) is 29.6 Å². The first-order valence-corrected chi connectivity index (χ1v) is 8.11. The maximum absolute atomic E-state index is 5.97. The van der Waals surface area contributed by atoms with Crippen LogP contribution < -0.4 is 4.90 Å². The zero-order chi connectivity index (χ0) is 15.4. The van der Waals surface area contributed by atoms with Gasteiger partial charge in [0.15, 0.2) is 0 Å². The molecule has 0 aliphatic carbocycles. The topological polar surface area (TPSA) is 16.1 Å². The van der Waals surface area contributed by atoms with Gasteiger partial charge in [0.2, 0.25) is 0 Å². The van der Waals surface area contributed by atoms with E-state index in [0.29, 0.717) is 11.1 Å². The van der Waals surface area contributed by atoms with Gasteiger partial charge in [-0.2, -0.15) is 0 Å². The molecule has 1 fully saturated rings. The number of halogens is 2. The predicted molar refractivity (Wildman–Crippen MR) is 92.5 cm³/mol. The van der Waals surface area contributed by atoms with Crippen molar-refractivity contribution in [1.29, 1.82) is 0 Å². The van der Waals surface area contributed by atoms with Crippen molar-refractivity contribution in [2.75, 3.05) is 18.0 Å². The van der Waals surface area contributed by atoms with E-state index in [0.717, 1.165) is 42.3 Å². The minimum Gasteiger partial charge on any atom is -0.356 e. The van der Waals surface area contributed by atoms with E-state index in [1.54, 1.807) is 6.07 Å². The van der Waals surface area contributed by atoms with Crippen LogP contribution in [0.25, 0.3) is 0 Å². The Balaban J connectivity index is 1.61. The molecule has 1 aliphatic heterocycles. The molecule has 0 bridgehead atoms. The van der Waals surface area contributed by atoms with Gasteiger partial charge in [0.25, 0.3) is 0 Å². The fraction of sp³-hybridized carbons (Fsp3) is 0.278. The highest BCUT2D eigenvalue weighted by Gasteiger charge is 2.18. The molecule has 4 heteroatoms. The number of pyridine rings is 1. The molecule has 0 N–H and O–H groups in total. The number of hydrogen-bond acceptors (Lipinski definition) is 2. The van der Waals surface area contributed by atoms with Gasteiger partial charge in [0.1, 0.15) is 11.0 Å². The fourth-order valence-corrected chi connectivity index (χ4v) is 2.93. The van der Waals surface area contributed by atoms with Crippen LogP contribution in [0.15, 0.2) is 42.5 Å². The van der Waals surface area contributed by atoms with E-state index in [4.69, 9.17) is 23.2 Å². The highest BCUT2D eigenvalue weighted by Crippen LogP contribution is 2.22. The molecule has 0 radical (unpaired) electrons. The van der Waals surface area contributed by atoms with Crippen molar-refractivity contribution < 1.29 is 0 Å². The lowest BCUT2D eigenvalue weighted by Gasteiger charge is -2.30. The zero-order valence-corrected chi connectivity index (χ0v) is 13.6. The van der Waals surface area contributed by atoms with Crippen molar-refractivity contribution in [2.45, 2.75) is 12.8 Å². The van der Waals surface area contributed by atoms with Crippen molar-refractivity contribution in [3.8, 4) is 11.8 Å². The minimum absolute atomic E-state index is 0.425. The van der Waals surface area contributed by atoms with Gasteiger partial charge >= 0.3 is 0 Å². The number of hydrogen-bond donors (Lipinski definition) is 0. The van der Waals surface area contributed by atoms with Crippen molar-refractivity contribution in [3.05, 3.63) is 58.2 Å². The highest BCUT2D eigenvalue weighted by atomic mass is 35.5. The number of anilines is 1. The molecule has 2 nitrogen and oxygen atoms in total. The Morgan fingerprint density at radius 1 is 1.05 bits per heavy atom. The first-order valence-electron chi connectivity index (χ1n) is 7.35. The molecule has 1 saturated heterocycles. The monoisotopic (exact) mass is 330 g/mol. The molecule has 0 spiro atoms. The van der Waals surface area contributed by atoms with Gasteiger partial charge in [-0.25, -0.2) is 4.98 Å². The second kappa shape index (κ2) is 7.05. The molecule has 2 heterocycles. The molecule has 2 aromatic rings. The first-order chi connectivity index (χ1) is 10.7. The number of benzene rings is 1. The van der Waals surface area contributed by atoms with Crippen molar-refractivity contribution >= 4 is 29.0 Å². The van der Waals surface area contributed by atoms with E-state index < -0.39 is 0 Å². The molecule has 112 valence electrons. The lowest BCUT2D eigenvalue weighted by molar-refractivity contribution is 0.489. The lowest BCUT2D eigenvalue weighted by atomic mass is 9.97. The third-order valence-corrected chi connectivity index (χ3v) is 4.21. The molecule has 0 saturated carbocycles. The molecule has 1 aliphatic rings. The van der Waals surface area contributed by atoms with Gasteiger partial charge in [0.05, 0.1) is 0 Å². The van der Waals surface area contributed by atoms with Crippen LogP contribution >= 0.6 is 23.2 Å². The van der Waals surface area contributed by atoms with Gasteiger partial charge in [-0.05, 0) is 43.2 Å². The smallest absolute Gasteiger partial charge is 0.131 e. The summed E-state index contributed by atoms with van der Waals surface area (Å²) in [6.45, 7) is 1.92. The summed E-state index contributed by atoms with van der Waals surface area (Å²) >= 11 is 11.9. The van der Waals surface area contributed by atoms with Crippen LogP contribution in [0.4, 0.5) is 5.82 Å². The van der Waals surface area contributed by atoms with Crippen molar-refractivity contribution in [2.24, 2.45) is 5.92 Å². The lowest BCUT2D eigenvalue weighted by Crippen LogP contribution is -2.33. The molecule has 0 unspecified atom stereocenters. The number of piperidine rings is 1. The zero-order valence-electron chi connectivity index (χ0n) is 12.1. The Bertz CT molecular complexity index is 710. The molecule has 1 aromatic carbocycles. The van der Waals surface area contributed by atoms with Crippen LogP contribution in [0.1, 0.15) is 18.4 Å². The molecule has 0 atom stereocenters. The molecular formula is C18H16Cl2N2. The number of aromatic nitrogens is 1. The molecule has 0 amide bonds. The highest BCUT2D eigenvalue weighted by molar-refractivity contribution is 6.30. The third-order valence-electron chi connectivity index (χ3n) is 3.76. The summed E-state index contributed by atoms with van der Waals surface area (Å²) in [5, 5.41) is 1.27. The molecule has 1 aromatic heterocycles. The summed E-state index contributed by atoms with van der Waals surface area (Å²) in [5.74, 6) is 7.97. The summed E-state index contributed by atoms with van der Waals surface area (Å²) in [6, 6.07) is 13.4. The average Bonchev–Trinajstić information content (AvgIpc) is 2.54. The Hall–Kier alpha value is -1.69. The second-order valence-corrected chi connectivity index (χ2v) is 6.18. The third kappa shape index (κ3) is 3.94. The quantitative estimate of drug-likeness (QED) is 0.558. The van der Waals surface area contributed by atoms with E-state index in [2.05, 4.69) is 21.7 Å². The van der Waals surface area contributed by atoms with Gasteiger partial charge in [-0.3, -0.25) is 0 Å². The molecule has 22 heavy (non-hydrogen) atoms. The Morgan fingerprint density at radius 2 is 1.82 bits per heavy atom. The van der Waals surface area contributed by atoms with Crippen molar-refractivity contribution in [1.82, 2.24) is 4.98 Å². The predicted octanol–water partition coefficient (Wildman–Crippen LogP) is 4.66. The van der Waals surface area contributed by atoms with Gasteiger partial charge in [-0.15, -0.1) is 0 Å². The maximum atomic E-state index is 5.97. The van der Waals surface area contributed by atoms with E-state index in [9.17, 15) is 0 Å². The van der Waals surface area contributed by atoms with Crippen LogP contribution in [-0.4, -0.2) is 18.1 Å². The summed E-state index contributed by atoms with van der Waals surface area (Å²) in [5.41, 5.74) is 0.978. The minimum atomic E-state index is 0.425. The largest absolute Gasteiger partial charge is 0.356 e. The second-order valence-electron chi connectivity index (χ2n) is 5.36. The van der Waals surface area contributed by atoms with Crippen molar-refractivity contribution in [3.63, 3.8) is 0 Å². The SMILES string of the molecule is Clc1cccc(C#CC2CCN(c3cccc(Cl)n3)CC2)c1. The van der Waals surface area contributed by atoms with Crippen LogP contribution in [0.5, 0.6) is 0 Å². The average molecular weight is 331 g/mol. The van der Waals surface area contributed by atoms with E-state index in [1.807, 2.05) is 36.4 Å². The van der Waals surface area contributed by atoms with E-state index >= 15 is 0 Å². The molecule has 3 rings (SSSR count). The normalized spacial score (nSPS) is 15.3. The van der Waals surface area contributed by atoms with E-state index in [1.165, 1.54) is 0 Å². The Labute approximate surface area is 141 Å². The van der Waals surface area contributed by atoms with Gasteiger partial charge in [-0.1, -0.05) is 47.2 Å². The molecular weight excluding hydrogens is 315 g/mol. The summed E-state index contributed by atoms with van der Waals surface area (Å²) < 4.78 is 0. The van der Waals surface area contributed by atoms with E-state index in [-0.39, 0.29) is 0 Å². The van der Waals surface area contributed by atoms with Crippen LogP contribution in [0.3, 0.4) is 0 Å². The number of nitrogens with zero attached hydrogens (tertiary/aromatic N) is 2. The van der Waals surface area contributed by atoms with Gasteiger partial charge < -0.3 is 4.90 Å². The maximum Gasteiger partial charge on any atom is 0.131 e. The Morgan fingerprint density at radius 3 is 2.55 bits per heavy atom. The van der Waals surface area contributed by atoms with Crippen LogP contribution in [0.2, 0.25) is 10.2 Å². The van der Waals surface area contributed by atoms with Crippen LogP contribution in [0, 0.1) is 17.8 Å². The Kier molecular flexibility index (Phi) is 4.87. The standard InChI is InChI=1S/C18H16Cl2N2/c19-16-4-1-3-15(13-16)8-7-14-9-11-22(12-10-14)18-6-2-5-17(20)21-18/h1-6,13-14H,9-12H2.